The van der Waals surface area contributed by atoms with Crippen molar-refractivity contribution in [3.05, 3.63) is 11.0 Å². The number of sulfonamides is 1. The van der Waals surface area contributed by atoms with E-state index in [1.54, 1.807) is 0 Å². The Labute approximate surface area is 59.5 Å². The Balaban J connectivity index is 2.93. The molecule has 0 saturated carbocycles. The van der Waals surface area contributed by atoms with Gasteiger partial charge in [0.2, 0.25) is 10.0 Å². The van der Waals surface area contributed by atoms with Crippen LogP contribution in [-0.4, -0.2) is 21.2 Å². The van der Waals surface area contributed by atoms with E-state index in [0.717, 1.165) is 0 Å². The summed E-state index contributed by atoms with van der Waals surface area (Å²) in [5, 5.41) is 4.85. The third kappa shape index (κ3) is 1.65. The van der Waals surface area contributed by atoms with Gasteiger partial charge in [-0.25, -0.2) is 13.6 Å². The molecule has 1 aliphatic heterocycles. The smallest absolute Gasteiger partial charge is 0.234 e. The molecule has 0 atom stereocenters. The summed E-state index contributed by atoms with van der Waals surface area (Å²) in [6, 6.07) is 0. The van der Waals surface area contributed by atoms with Gasteiger partial charge in [0, 0.05) is 19.2 Å². The maximum atomic E-state index is 10.6. The lowest BCUT2D eigenvalue weighted by Gasteiger charge is -2.04. The second-order valence-electron chi connectivity index (χ2n) is 1.98. The van der Waals surface area contributed by atoms with Gasteiger partial charge in [0.1, 0.15) is 0 Å². The van der Waals surface area contributed by atoms with Crippen LogP contribution >= 0.6 is 0 Å². The molecule has 0 fully saturated rings. The zero-order valence-electron chi connectivity index (χ0n) is 5.32. The van der Waals surface area contributed by atoms with Crippen molar-refractivity contribution < 1.29 is 8.42 Å². The van der Waals surface area contributed by atoms with E-state index in [1.807, 2.05) is 0 Å². The van der Waals surface area contributed by atoms with Crippen LogP contribution in [0, 0.1) is 0 Å². The van der Waals surface area contributed by atoms with Gasteiger partial charge < -0.3 is 0 Å². The lowest BCUT2D eigenvalue weighted by molar-refractivity contribution is 0.601. The molecule has 0 aromatic heterocycles. The van der Waals surface area contributed by atoms with Crippen molar-refractivity contribution in [2.75, 3.05) is 6.54 Å². The molecule has 0 saturated heterocycles. The molecule has 5 heteroatoms. The van der Waals surface area contributed by atoms with E-state index in [-0.39, 0.29) is 4.91 Å². The van der Waals surface area contributed by atoms with Crippen LogP contribution in [0.1, 0.15) is 6.42 Å². The molecule has 56 valence electrons. The molecule has 0 aliphatic carbocycles. The minimum Gasteiger partial charge on any atom is -0.293 e. The lowest BCUT2D eigenvalue weighted by atomic mass is 10.3. The normalized spacial score (nSPS) is 18.7. The third-order valence-electron chi connectivity index (χ3n) is 1.22. The summed E-state index contributed by atoms with van der Waals surface area (Å²) in [6.45, 7) is 0.516. The molecular formula is C5H8N2O2S. The van der Waals surface area contributed by atoms with Gasteiger partial charge in [-0.15, -0.1) is 0 Å². The van der Waals surface area contributed by atoms with E-state index in [0.29, 0.717) is 13.0 Å². The van der Waals surface area contributed by atoms with E-state index in [4.69, 9.17) is 5.14 Å². The average molecular weight is 160 g/mol. The summed E-state index contributed by atoms with van der Waals surface area (Å²) >= 11 is 0. The molecule has 0 radical (unpaired) electrons. The van der Waals surface area contributed by atoms with Gasteiger partial charge in [0.05, 0.1) is 4.91 Å². The number of nitrogens with zero attached hydrogens (tertiary/aromatic N) is 1. The predicted octanol–water partition coefficient (Wildman–Crippen LogP) is -0.367. The van der Waals surface area contributed by atoms with Gasteiger partial charge in [-0.2, -0.15) is 0 Å². The topological polar surface area (TPSA) is 72.5 Å². The van der Waals surface area contributed by atoms with Crippen molar-refractivity contribution in [1.29, 1.82) is 0 Å². The first-order chi connectivity index (χ1) is 4.61. The van der Waals surface area contributed by atoms with E-state index in [9.17, 15) is 8.42 Å². The molecule has 4 nitrogen and oxygen atoms in total. The highest BCUT2D eigenvalue weighted by Crippen LogP contribution is 2.08. The highest BCUT2D eigenvalue weighted by atomic mass is 32.2. The predicted molar refractivity (Wildman–Crippen MR) is 39.2 cm³/mol. The van der Waals surface area contributed by atoms with Crippen LogP contribution in [0.5, 0.6) is 0 Å². The van der Waals surface area contributed by atoms with Crippen molar-refractivity contribution in [3.63, 3.8) is 0 Å². The van der Waals surface area contributed by atoms with E-state index < -0.39 is 10.0 Å². The Kier molecular flexibility index (Phi) is 1.87. The minimum atomic E-state index is -3.46. The van der Waals surface area contributed by atoms with Crippen LogP contribution in [0.25, 0.3) is 0 Å². The molecule has 0 bridgehead atoms. The summed E-state index contributed by atoms with van der Waals surface area (Å²) in [4.78, 5) is 4.09. The summed E-state index contributed by atoms with van der Waals surface area (Å²) in [6.07, 6.45) is 3.32. The number of hydrogen-bond acceptors (Lipinski definition) is 3. The summed E-state index contributed by atoms with van der Waals surface area (Å²) in [7, 11) is -3.46. The van der Waals surface area contributed by atoms with Gasteiger partial charge in [-0.1, -0.05) is 0 Å². The molecule has 10 heavy (non-hydrogen) atoms. The molecule has 1 aliphatic rings. The zero-order valence-corrected chi connectivity index (χ0v) is 6.13. The number of hydrogen-bond donors (Lipinski definition) is 1. The molecular weight excluding hydrogens is 152 g/mol. The molecule has 1 heterocycles. The monoisotopic (exact) mass is 160 g/mol. The Hall–Kier alpha value is -0.680. The van der Waals surface area contributed by atoms with Crippen molar-refractivity contribution in [2.24, 2.45) is 10.1 Å². The molecule has 0 unspecified atom stereocenters. The van der Waals surface area contributed by atoms with Crippen molar-refractivity contribution in [2.45, 2.75) is 6.42 Å². The Bertz CT molecular complexity index is 276. The molecule has 1 rings (SSSR count). The number of allylic oxidation sites excluding steroid dienone is 1. The number of dihydropyridines is 1. The highest BCUT2D eigenvalue weighted by molar-refractivity contribution is 7.93. The van der Waals surface area contributed by atoms with Crippen LogP contribution in [-0.2, 0) is 10.0 Å². The standard InChI is InChI=1S/C5H8N2O2S/c6-10(8,9)5-1-3-7-4-2-5/h1,3H,2,4H2,(H2,6,8,9). The van der Waals surface area contributed by atoms with Crippen molar-refractivity contribution in [1.82, 2.24) is 0 Å². The highest BCUT2D eigenvalue weighted by Gasteiger charge is 2.11. The first-order valence-corrected chi connectivity index (χ1v) is 4.37. The van der Waals surface area contributed by atoms with Gasteiger partial charge in [0.25, 0.3) is 0 Å². The summed E-state index contributed by atoms with van der Waals surface area (Å²) < 4.78 is 21.3. The van der Waals surface area contributed by atoms with Crippen LogP contribution in [0.15, 0.2) is 16.0 Å². The first kappa shape index (κ1) is 7.43. The van der Waals surface area contributed by atoms with Gasteiger partial charge >= 0.3 is 0 Å². The Morgan fingerprint density at radius 2 is 2.30 bits per heavy atom. The van der Waals surface area contributed by atoms with Crippen LogP contribution < -0.4 is 5.14 Å². The van der Waals surface area contributed by atoms with E-state index >= 15 is 0 Å². The fourth-order valence-corrected chi connectivity index (χ4v) is 1.33. The SMILES string of the molecule is NS(=O)(=O)C1=CC=NCC1. The number of aliphatic imine (C=N–C) groups is 1. The molecule has 0 amide bonds. The Morgan fingerprint density at radius 3 is 2.60 bits per heavy atom. The van der Waals surface area contributed by atoms with Crippen LogP contribution in [0.2, 0.25) is 0 Å². The molecule has 0 aromatic rings. The minimum absolute atomic E-state index is 0.266. The first-order valence-electron chi connectivity index (χ1n) is 2.82. The molecule has 2 N–H and O–H groups in total. The van der Waals surface area contributed by atoms with E-state index in [1.165, 1.54) is 12.3 Å². The lowest BCUT2D eigenvalue weighted by Crippen LogP contribution is -2.16. The number of rotatable bonds is 1. The zero-order chi connectivity index (χ0) is 7.61. The fourth-order valence-electron chi connectivity index (χ4n) is 0.706. The average Bonchev–Trinajstić information content (AvgIpc) is 1.88. The van der Waals surface area contributed by atoms with Crippen LogP contribution in [0.3, 0.4) is 0 Å². The quantitative estimate of drug-likeness (QED) is 0.568. The second kappa shape index (κ2) is 2.51. The second-order valence-corrected chi connectivity index (χ2v) is 3.60. The largest absolute Gasteiger partial charge is 0.293 e. The van der Waals surface area contributed by atoms with E-state index in [2.05, 4.69) is 4.99 Å². The molecule has 0 spiro atoms. The number of primary sulfonamides is 1. The number of nitrogens with two attached hydrogens (primary N) is 1. The fraction of sp³-hybridized carbons (Fsp3) is 0.400. The maximum Gasteiger partial charge on any atom is 0.234 e. The maximum absolute atomic E-state index is 10.6. The molecule has 0 aromatic carbocycles. The van der Waals surface area contributed by atoms with Gasteiger partial charge in [-0.3, -0.25) is 4.99 Å². The Morgan fingerprint density at radius 1 is 1.60 bits per heavy atom. The summed E-state index contributed by atoms with van der Waals surface area (Å²) in [5.41, 5.74) is 0. The van der Waals surface area contributed by atoms with Crippen LogP contribution in [0.4, 0.5) is 0 Å². The van der Waals surface area contributed by atoms with Crippen molar-refractivity contribution >= 4 is 16.2 Å². The summed E-state index contributed by atoms with van der Waals surface area (Å²) in [5.74, 6) is 0. The third-order valence-corrected chi connectivity index (χ3v) is 2.29. The van der Waals surface area contributed by atoms with Crippen molar-refractivity contribution in [3.8, 4) is 0 Å². The van der Waals surface area contributed by atoms with Gasteiger partial charge in [0.15, 0.2) is 0 Å². The van der Waals surface area contributed by atoms with Gasteiger partial charge in [-0.05, 0) is 6.08 Å².